The molecule has 5 heteroatoms. The maximum atomic E-state index is 11.9. The van der Waals surface area contributed by atoms with E-state index in [0.29, 0.717) is 12.5 Å². The number of ether oxygens (including phenoxy) is 1. The zero-order valence-corrected chi connectivity index (χ0v) is 11.6. The lowest BCUT2D eigenvalue weighted by molar-refractivity contribution is -0.138. The number of nitrogens with one attached hydrogen (secondary N) is 1. The molecule has 0 aromatic heterocycles. The molecule has 110 valence electrons. The van der Waals surface area contributed by atoms with E-state index in [4.69, 9.17) is 4.74 Å². The van der Waals surface area contributed by atoms with Gasteiger partial charge in [0.15, 0.2) is 0 Å². The van der Waals surface area contributed by atoms with E-state index in [1.165, 1.54) is 0 Å². The number of halogens is 3. The van der Waals surface area contributed by atoms with E-state index in [-0.39, 0.29) is 19.1 Å². The molecule has 1 N–H and O–H groups in total. The monoisotopic (exact) mass is 269 g/mol. The molecule has 0 rings (SSSR count). The van der Waals surface area contributed by atoms with Crippen molar-refractivity contribution in [2.24, 2.45) is 5.92 Å². The molecule has 0 saturated carbocycles. The van der Waals surface area contributed by atoms with Gasteiger partial charge in [0.2, 0.25) is 0 Å². The minimum Gasteiger partial charge on any atom is -0.380 e. The van der Waals surface area contributed by atoms with Crippen LogP contribution in [0.5, 0.6) is 0 Å². The van der Waals surface area contributed by atoms with Gasteiger partial charge in [-0.25, -0.2) is 0 Å². The molecule has 0 spiro atoms. The van der Waals surface area contributed by atoms with Gasteiger partial charge in [-0.3, -0.25) is 0 Å². The molecule has 18 heavy (non-hydrogen) atoms. The highest BCUT2D eigenvalue weighted by Crippen LogP contribution is 2.21. The number of hydrogen-bond donors (Lipinski definition) is 1. The van der Waals surface area contributed by atoms with Gasteiger partial charge in [0.05, 0.1) is 6.61 Å². The summed E-state index contributed by atoms with van der Waals surface area (Å²) in [6.45, 7) is 7.92. The van der Waals surface area contributed by atoms with Crippen LogP contribution in [0.1, 0.15) is 46.5 Å². The molecule has 0 aliphatic rings. The first-order valence-corrected chi connectivity index (χ1v) is 6.78. The number of rotatable bonds is 10. The lowest BCUT2D eigenvalue weighted by Crippen LogP contribution is -2.39. The Kier molecular flexibility index (Phi) is 9.46. The molecule has 0 fully saturated rings. The smallest absolute Gasteiger partial charge is 0.380 e. The van der Waals surface area contributed by atoms with Gasteiger partial charge in [0.1, 0.15) is 0 Å². The molecule has 0 heterocycles. The van der Waals surface area contributed by atoms with E-state index in [1.807, 2.05) is 0 Å². The van der Waals surface area contributed by atoms with Crippen molar-refractivity contribution in [3.8, 4) is 0 Å². The fourth-order valence-electron chi connectivity index (χ4n) is 1.62. The third-order valence-corrected chi connectivity index (χ3v) is 3.03. The lowest BCUT2D eigenvalue weighted by Gasteiger charge is -2.24. The average Bonchev–Trinajstić information content (AvgIpc) is 2.30. The maximum Gasteiger partial charge on any atom is 0.389 e. The topological polar surface area (TPSA) is 21.3 Å². The minimum atomic E-state index is -4.07. The van der Waals surface area contributed by atoms with E-state index in [9.17, 15) is 13.2 Å². The van der Waals surface area contributed by atoms with Gasteiger partial charge in [-0.2, -0.15) is 13.2 Å². The zero-order valence-electron chi connectivity index (χ0n) is 11.6. The van der Waals surface area contributed by atoms with E-state index < -0.39 is 12.6 Å². The molecule has 0 bridgehead atoms. The van der Waals surface area contributed by atoms with Gasteiger partial charge >= 0.3 is 6.18 Å². The third-order valence-electron chi connectivity index (χ3n) is 3.03. The van der Waals surface area contributed by atoms with Crippen LogP contribution in [0.2, 0.25) is 0 Å². The molecule has 0 aromatic rings. The van der Waals surface area contributed by atoms with Crippen LogP contribution in [0.25, 0.3) is 0 Å². The van der Waals surface area contributed by atoms with Crippen molar-refractivity contribution < 1.29 is 17.9 Å². The average molecular weight is 269 g/mol. The van der Waals surface area contributed by atoms with Crippen molar-refractivity contribution >= 4 is 0 Å². The van der Waals surface area contributed by atoms with Crippen molar-refractivity contribution in [3.05, 3.63) is 0 Å². The molecular formula is C13H26F3NO. The Morgan fingerprint density at radius 3 is 2.39 bits per heavy atom. The van der Waals surface area contributed by atoms with Crippen LogP contribution in [0.4, 0.5) is 13.2 Å². The Morgan fingerprint density at radius 1 is 1.22 bits per heavy atom. The van der Waals surface area contributed by atoms with Gasteiger partial charge in [0, 0.05) is 19.1 Å². The fraction of sp³-hybridized carbons (Fsp3) is 1.00. The van der Waals surface area contributed by atoms with Crippen LogP contribution < -0.4 is 5.32 Å². The summed E-state index contributed by atoms with van der Waals surface area (Å²) in [5, 5.41) is 3.38. The predicted molar refractivity (Wildman–Crippen MR) is 67.6 cm³/mol. The summed E-state index contributed by atoms with van der Waals surface area (Å²) in [7, 11) is 0. The Balaban J connectivity index is 3.75. The van der Waals surface area contributed by atoms with Gasteiger partial charge in [-0.1, -0.05) is 27.2 Å². The zero-order chi connectivity index (χ0) is 14.0. The van der Waals surface area contributed by atoms with E-state index in [2.05, 4.69) is 26.1 Å². The summed E-state index contributed by atoms with van der Waals surface area (Å²) in [5.41, 5.74) is 0. The van der Waals surface area contributed by atoms with Crippen LogP contribution in [0.15, 0.2) is 0 Å². The Labute approximate surface area is 108 Å². The summed E-state index contributed by atoms with van der Waals surface area (Å²) >= 11 is 0. The summed E-state index contributed by atoms with van der Waals surface area (Å²) in [6.07, 6.45) is -2.71. The second kappa shape index (κ2) is 9.62. The molecule has 0 aliphatic carbocycles. The summed E-state index contributed by atoms with van der Waals surface area (Å²) < 4.78 is 41.1. The van der Waals surface area contributed by atoms with Crippen molar-refractivity contribution in [1.29, 1.82) is 0 Å². The molecule has 0 radical (unpaired) electrons. The second-order valence-electron chi connectivity index (χ2n) is 4.74. The first-order chi connectivity index (χ1) is 8.40. The minimum absolute atomic E-state index is 0.0461. The molecule has 2 nitrogen and oxygen atoms in total. The van der Waals surface area contributed by atoms with Crippen LogP contribution in [0, 0.1) is 5.92 Å². The van der Waals surface area contributed by atoms with Gasteiger partial charge < -0.3 is 10.1 Å². The highest BCUT2D eigenvalue weighted by Gasteiger charge is 2.26. The third kappa shape index (κ3) is 9.71. The van der Waals surface area contributed by atoms with E-state index >= 15 is 0 Å². The molecule has 2 unspecified atom stereocenters. The van der Waals surface area contributed by atoms with E-state index in [0.717, 1.165) is 19.4 Å². The van der Waals surface area contributed by atoms with Crippen molar-refractivity contribution in [2.75, 3.05) is 19.8 Å². The predicted octanol–water partition coefficient (Wildman–Crippen LogP) is 3.76. The number of hydrogen-bond acceptors (Lipinski definition) is 2. The van der Waals surface area contributed by atoms with Crippen LogP contribution in [-0.2, 0) is 4.74 Å². The van der Waals surface area contributed by atoms with Crippen molar-refractivity contribution in [2.45, 2.75) is 58.7 Å². The van der Waals surface area contributed by atoms with Crippen molar-refractivity contribution in [3.63, 3.8) is 0 Å². The first-order valence-electron chi connectivity index (χ1n) is 6.78. The lowest BCUT2D eigenvalue weighted by atomic mass is 10.00. The normalized spacial score (nSPS) is 15.7. The quantitative estimate of drug-likeness (QED) is 0.610. The summed E-state index contributed by atoms with van der Waals surface area (Å²) in [6, 6.07) is 0.237. The van der Waals surface area contributed by atoms with Crippen LogP contribution >= 0.6 is 0 Å². The standard InChI is InChI=1S/C13H26F3NO/c1-4-8-17-12(11(3)5-2)10-18-9-6-7-13(14,15)16/h11-12,17H,4-10H2,1-3H3. The van der Waals surface area contributed by atoms with Crippen LogP contribution in [-0.4, -0.2) is 32.0 Å². The molecule has 0 aliphatic heterocycles. The largest absolute Gasteiger partial charge is 0.389 e. The number of alkyl halides is 3. The highest BCUT2D eigenvalue weighted by atomic mass is 19.4. The molecule has 0 saturated heterocycles. The van der Waals surface area contributed by atoms with Crippen molar-refractivity contribution in [1.82, 2.24) is 5.32 Å². The van der Waals surface area contributed by atoms with Gasteiger partial charge in [-0.15, -0.1) is 0 Å². The Hall–Kier alpha value is -0.290. The molecule has 0 aromatic carbocycles. The summed E-state index contributed by atoms with van der Waals surface area (Å²) in [4.78, 5) is 0. The maximum absolute atomic E-state index is 11.9. The van der Waals surface area contributed by atoms with Crippen LogP contribution in [0.3, 0.4) is 0 Å². The second-order valence-corrected chi connectivity index (χ2v) is 4.74. The fourth-order valence-corrected chi connectivity index (χ4v) is 1.62. The molecular weight excluding hydrogens is 243 g/mol. The Bertz CT molecular complexity index is 197. The SMILES string of the molecule is CCCNC(COCCCC(F)(F)F)C(C)CC. The first kappa shape index (κ1) is 17.7. The summed E-state index contributed by atoms with van der Waals surface area (Å²) in [5.74, 6) is 0.471. The van der Waals surface area contributed by atoms with Gasteiger partial charge in [-0.05, 0) is 25.3 Å². The molecule has 0 amide bonds. The van der Waals surface area contributed by atoms with Gasteiger partial charge in [0.25, 0.3) is 0 Å². The highest BCUT2D eigenvalue weighted by molar-refractivity contribution is 4.71. The molecule has 2 atom stereocenters. The Morgan fingerprint density at radius 2 is 1.89 bits per heavy atom. The van der Waals surface area contributed by atoms with E-state index in [1.54, 1.807) is 0 Å².